The third kappa shape index (κ3) is 3.94. The number of nitrogens with zero attached hydrogens (tertiary/aromatic N) is 2. The monoisotopic (exact) mass is 351 g/mol. The third-order valence-electron chi connectivity index (χ3n) is 3.57. The van der Waals surface area contributed by atoms with Crippen molar-refractivity contribution in [1.29, 1.82) is 0 Å². The molecule has 2 aromatic carbocycles. The van der Waals surface area contributed by atoms with E-state index in [4.69, 9.17) is 9.15 Å². The van der Waals surface area contributed by atoms with Crippen LogP contribution in [0, 0.1) is 6.92 Å². The number of rotatable bonds is 5. The minimum absolute atomic E-state index is 0.143. The Bertz CT molecular complexity index is 915. The summed E-state index contributed by atoms with van der Waals surface area (Å²) in [4.78, 5) is 23.9. The number of hydrogen-bond donors (Lipinski definition) is 1. The summed E-state index contributed by atoms with van der Waals surface area (Å²) in [5, 5.41) is 10.3. The smallest absolute Gasteiger partial charge is 0.338 e. The van der Waals surface area contributed by atoms with Crippen LogP contribution >= 0.6 is 0 Å². The molecule has 0 radical (unpaired) electrons. The van der Waals surface area contributed by atoms with E-state index in [0.717, 1.165) is 11.1 Å². The SMILES string of the molecule is CCOC(=O)c1ccc(NC(=O)c2nnc(-c3ccc(C)cc3)o2)cc1. The van der Waals surface area contributed by atoms with Gasteiger partial charge in [-0.25, -0.2) is 4.79 Å². The van der Waals surface area contributed by atoms with Crippen LogP contribution < -0.4 is 5.32 Å². The maximum absolute atomic E-state index is 12.2. The fourth-order valence-corrected chi connectivity index (χ4v) is 2.22. The van der Waals surface area contributed by atoms with Crippen LogP contribution in [0.4, 0.5) is 5.69 Å². The Hall–Kier alpha value is -3.48. The summed E-state index contributed by atoms with van der Waals surface area (Å²) in [6, 6.07) is 13.9. The molecular weight excluding hydrogens is 334 g/mol. The minimum atomic E-state index is -0.528. The maximum Gasteiger partial charge on any atom is 0.338 e. The first-order valence-electron chi connectivity index (χ1n) is 8.06. The molecule has 0 spiro atoms. The van der Waals surface area contributed by atoms with Crippen LogP contribution in [-0.4, -0.2) is 28.7 Å². The average molecular weight is 351 g/mol. The van der Waals surface area contributed by atoms with Crippen LogP contribution in [0.1, 0.15) is 33.5 Å². The highest BCUT2D eigenvalue weighted by atomic mass is 16.5. The number of carbonyl (C=O) groups is 2. The maximum atomic E-state index is 12.2. The number of aryl methyl sites for hydroxylation is 1. The second-order valence-electron chi connectivity index (χ2n) is 5.53. The zero-order valence-electron chi connectivity index (χ0n) is 14.4. The number of ether oxygens (including phenoxy) is 1. The molecule has 3 aromatic rings. The molecule has 1 N–H and O–H groups in total. The van der Waals surface area contributed by atoms with Crippen LogP contribution in [-0.2, 0) is 4.74 Å². The van der Waals surface area contributed by atoms with Crippen molar-refractivity contribution in [2.24, 2.45) is 0 Å². The van der Waals surface area contributed by atoms with E-state index in [2.05, 4.69) is 15.5 Å². The predicted octanol–water partition coefficient (Wildman–Crippen LogP) is 3.47. The summed E-state index contributed by atoms with van der Waals surface area (Å²) >= 11 is 0. The van der Waals surface area contributed by atoms with Gasteiger partial charge in [0.15, 0.2) is 0 Å². The molecule has 0 unspecified atom stereocenters. The van der Waals surface area contributed by atoms with Crippen molar-refractivity contribution in [3.05, 3.63) is 65.5 Å². The lowest BCUT2D eigenvalue weighted by Gasteiger charge is -2.04. The Morgan fingerprint density at radius 2 is 1.73 bits per heavy atom. The van der Waals surface area contributed by atoms with E-state index in [0.29, 0.717) is 17.9 Å². The fourth-order valence-electron chi connectivity index (χ4n) is 2.22. The van der Waals surface area contributed by atoms with E-state index in [1.54, 1.807) is 31.2 Å². The zero-order chi connectivity index (χ0) is 18.5. The van der Waals surface area contributed by atoms with E-state index in [1.807, 2.05) is 31.2 Å². The van der Waals surface area contributed by atoms with E-state index in [1.165, 1.54) is 0 Å². The van der Waals surface area contributed by atoms with Gasteiger partial charge in [-0.2, -0.15) is 0 Å². The topological polar surface area (TPSA) is 94.3 Å². The van der Waals surface area contributed by atoms with Gasteiger partial charge in [0.25, 0.3) is 0 Å². The molecular formula is C19H17N3O4. The van der Waals surface area contributed by atoms with E-state index in [9.17, 15) is 9.59 Å². The Morgan fingerprint density at radius 1 is 1.04 bits per heavy atom. The van der Waals surface area contributed by atoms with Gasteiger partial charge in [-0.15, -0.1) is 10.2 Å². The molecule has 0 aliphatic heterocycles. The molecule has 1 aromatic heterocycles. The van der Waals surface area contributed by atoms with Gasteiger partial charge in [0.05, 0.1) is 12.2 Å². The molecule has 1 heterocycles. The van der Waals surface area contributed by atoms with E-state index in [-0.39, 0.29) is 11.8 Å². The summed E-state index contributed by atoms with van der Waals surface area (Å²) in [5.41, 5.74) is 2.75. The lowest BCUT2D eigenvalue weighted by Crippen LogP contribution is -2.12. The quantitative estimate of drug-likeness (QED) is 0.707. The highest BCUT2D eigenvalue weighted by molar-refractivity contribution is 6.01. The van der Waals surface area contributed by atoms with Gasteiger partial charge in [-0.3, -0.25) is 4.79 Å². The number of aromatic nitrogens is 2. The standard InChI is InChI=1S/C19H17N3O4/c1-3-25-19(24)14-8-10-15(11-9-14)20-16(23)18-22-21-17(26-18)13-6-4-12(2)5-7-13/h4-11H,3H2,1-2H3,(H,20,23). The molecule has 7 nitrogen and oxygen atoms in total. The largest absolute Gasteiger partial charge is 0.462 e. The van der Waals surface area contributed by atoms with Crippen LogP contribution in [0.15, 0.2) is 52.9 Å². The number of anilines is 1. The molecule has 0 atom stereocenters. The van der Waals surface area contributed by atoms with Gasteiger partial charge in [0.2, 0.25) is 5.89 Å². The first kappa shape index (κ1) is 17.3. The second-order valence-corrected chi connectivity index (χ2v) is 5.53. The number of hydrogen-bond acceptors (Lipinski definition) is 6. The molecule has 0 fully saturated rings. The van der Waals surface area contributed by atoms with Gasteiger partial charge in [-0.1, -0.05) is 17.7 Å². The highest BCUT2D eigenvalue weighted by Gasteiger charge is 2.16. The molecule has 0 aliphatic rings. The van der Waals surface area contributed by atoms with Gasteiger partial charge < -0.3 is 14.5 Å². The van der Waals surface area contributed by atoms with Crippen molar-refractivity contribution < 1.29 is 18.7 Å². The Labute approximate surface area is 150 Å². The van der Waals surface area contributed by atoms with Crippen molar-refractivity contribution in [2.75, 3.05) is 11.9 Å². The summed E-state index contributed by atoms with van der Waals surface area (Å²) in [6.07, 6.45) is 0. The van der Waals surface area contributed by atoms with Crippen LogP contribution in [0.5, 0.6) is 0 Å². The lowest BCUT2D eigenvalue weighted by molar-refractivity contribution is 0.0526. The molecule has 0 saturated heterocycles. The Morgan fingerprint density at radius 3 is 2.38 bits per heavy atom. The van der Waals surface area contributed by atoms with Crippen molar-refractivity contribution in [3.63, 3.8) is 0 Å². The molecule has 0 saturated carbocycles. The summed E-state index contributed by atoms with van der Waals surface area (Å²) in [6.45, 7) is 4.02. The normalized spacial score (nSPS) is 10.4. The first-order chi connectivity index (χ1) is 12.6. The third-order valence-corrected chi connectivity index (χ3v) is 3.57. The molecule has 0 bridgehead atoms. The summed E-state index contributed by atoms with van der Waals surface area (Å²) in [7, 11) is 0. The van der Waals surface area contributed by atoms with Gasteiger partial charge >= 0.3 is 17.8 Å². The van der Waals surface area contributed by atoms with Gasteiger partial charge in [0, 0.05) is 11.3 Å². The Balaban J connectivity index is 1.68. The van der Waals surface area contributed by atoms with E-state index >= 15 is 0 Å². The summed E-state index contributed by atoms with van der Waals surface area (Å²) < 4.78 is 10.3. The minimum Gasteiger partial charge on any atom is -0.462 e. The molecule has 0 aliphatic carbocycles. The average Bonchev–Trinajstić information content (AvgIpc) is 3.13. The van der Waals surface area contributed by atoms with Crippen molar-refractivity contribution in [1.82, 2.24) is 10.2 Å². The van der Waals surface area contributed by atoms with Gasteiger partial charge in [-0.05, 0) is 50.2 Å². The molecule has 7 heteroatoms. The number of amides is 1. The molecule has 3 rings (SSSR count). The van der Waals surface area contributed by atoms with Gasteiger partial charge in [0.1, 0.15) is 0 Å². The Kier molecular flexibility index (Phi) is 5.07. The number of esters is 1. The first-order valence-corrected chi connectivity index (χ1v) is 8.06. The second kappa shape index (κ2) is 7.60. The summed E-state index contributed by atoms with van der Waals surface area (Å²) in [5.74, 6) is -0.812. The van der Waals surface area contributed by atoms with Crippen molar-refractivity contribution in [3.8, 4) is 11.5 Å². The van der Waals surface area contributed by atoms with Crippen LogP contribution in [0.25, 0.3) is 11.5 Å². The predicted molar refractivity (Wildman–Crippen MR) is 94.8 cm³/mol. The van der Waals surface area contributed by atoms with Crippen LogP contribution in [0.3, 0.4) is 0 Å². The van der Waals surface area contributed by atoms with Crippen LogP contribution in [0.2, 0.25) is 0 Å². The molecule has 132 valence electrons. The van der Waals surface area contributed by atoms with Crippen molar-refractivity contribution in [2.45, 2.75) is 13.8 Å². The lowest BCUT2D eigenvalue weighted by atomic mass is 10.1. The van der Waals surface area contributed by atoms with Crippen molar-refractivity contribution >= 4 is 17.6 Å². The number of benzene rings is 2. The number of carbonyl (C=O) groups excluding carboxylic acids is 2. The highest BCUT2D eigenvalue weighted by Crippen LogP contribution is 2.19. The zero-order valence-corrected chi connectivity index (χ0v) is 14.4. The fraction of sp³-hybridized carbons (Fsp3) is 0.158. The number of nitrogens with one attached hydrogen (secondary N) is 1. The molecule has 26 heavy (non-hydrogen) atoms. The van der Waals surface area contributed by atoms with E-state index < -0.39 is 11.9 Å². The molecule has 1 amide bonds.